The minimum Gasteiger partial charge on any atom is -0.468 e. The number of benzene rings is 1. The first-order valence-electron chi connectivity index (χ1n) is 7.38. The number of ether oxygens (including phenoxy) is 1. The smallest absolute Gasteiger partial charge is 0.327 e. The van der Waals surface area contributed by atoms with Gasteiger partial charge in [0.1, 0.15) is 11.4 Å². The predicted molar refractivity (Wildman–Crippen MR) is 84.2 cm³/mol. The molecule has 1 saturated carbocycles. The van der Waals surface area contributed by atoms with Gasteiger partial charge in [0.15, 0.2) is 0 Å². The van der Waals surface area contributed by atoms with E-state index in [2.05, 4.69) is 4.72 Å². The van der Waals surface area contributed by atoms with Gasteiger partial charge in [0.2, 0.25) is 10.0 Å². The van der Waals surface area contributed by atoms with Crippen LogP contribution in [0, 0.1) is 5.82 Å². The predicted octanol–water partition coefficient (Wildman–Crippen LogP) is 3.02. The van der Waals surface area contributed by atoms with Gasteiger partial charge in [0, 0.05) is 0 Å². The average molecular weight is 364 g/mol. The number of hydrogen-bond donors (Lipinski definition) is 1. The first kappa shape index (κ1) is 18.2. The highest BCUT2D eigenvalue weighted by atomic mass is 35.5. The topological polar surface area (TPSA) is 72.5 Å². The fourth-order valence-electron chi connectivity index (χ4n) is 2.84. The Morgan fingerprint density at radius 1 is 1.26 bits per heavy atom. The van der Waals surface area contributed by atoms with Crippen LogP contribution in [0.4, 0.5) is 4.39 Å². The Morgan fingerprint density at radius 3 is 2.39 bits per heavy atom. The van der Waals surface area contributed by atoms with Gasteiger partial charge in [-0.3, -0.25) is 4.79 Å². The molecule has 0 unspecified atom stereocenters. The number of esters is 1. The van der Waals surface area contributed by atoms with E-state index < -0.39 is 27.3 Å². The molecule has 2 rings (SSSR count). The van der Waals surface area contributed by atoms with E-state index in [4.69, 9.17) is 16.3 Å². The van der Waals surface area contributed by atoms with E-state index in [-0.39, 0.29) is 9.92 Å². The summed E-state index contributed by atoms with van der Waals surface area (Å²) < 4.78 is 45.7. The molecule has 128 valence electrons. The van der Waals surface area contributed by atoms with Gasteiger partial charge in [-0.1, -0.05) is 37.3 Å². The van der Waals surface area contributed by atoms with Gasteiger partial charge >= 0.3 is 5.97 Å². The number of hydrogen-bond acceptors (Lipinski definition) is 4. The Morgan fingerprint density at radius 2 is 1.87 bits per heavy atom. The highest BCUT2D eigenvalue weighted by Crippen LogP contribution is 2.30. The largest absolute Gasteiger partial charge is 0.468 e. The lowest BCUT2D eigenvalue weighted by Crippen LogP contribution is -2.54. The van der Waals surface area contributed by atoms with Crippen molar-refractivity contribution < 1.29 is 22.3 Å². The number of rotatable bonds is 4. The monoisotopic (exact) mass is 363 g/mol. The van der Waals surface area contributed by atoms with Gasteiger partial charge < -0.3 is 4.74 Å². The van der Waals surface area contributed by atoms with Gasteiger partial charge in [0.05, 0.1) is 17.0 Å². The third kappa shape index (κ3) is 4.02. The van der Waals surface area contributed by atoms with Crippen LogP contribution in [0.15, 0.2) is 23.1 Å². The molecule has 23 heavy (non-hydrogen) atoms. The Balaban J connectivity index is 2.37. The lowest BCUT2D eigenvalue weighted by molar-refractivity contribution is -0.148. The minimum atomic E-state index is -4.03. The molecule has 1 aromatic rings. The molecule has 1 aromatic carbocycles. The Hall–Kier alpha value is -1.18. The molecular weight excluding hydrogens is 345 g/mol. The Labute approximate surface area is 140 Å². The van der Waals surface area contributed by atoms with E-state index >= 15 is 0 Å². The van der Waals surface area contributed by atoms with Crippen LogP contribution in [0.5, 0.6) is 0 Å². The third-order valence-corrected chi connectivity index (χ3v) is 5.89. The molecule has 0 bridgehead atoms. The maximum atomic E-state index is 13.2. The van der Waals surface area contributed by atoms with Gasteiger partial charge in [-0.15, -0.1) is 0 Å². The summed E-state index contributed by atoms with van der Waals surface area (Å²) in [4.78, 5) is 12.1. The van der Waals surface area contributed by atoms with Crippen LogP contribution in [0.25, 0.3) is 0 Å². The summed E-state index contributed by atoms with van der Waals surface area (Å²) in [6.07, 6.45) is 4.05. The summed E-state index contributed by atoms with van der Waals surface area (Å²) >= 11 is 5.65. The van der Waals surface area contributed by atoms with Crippen molar-refractivity contribution in [1.82, 2.24) is 4.72 Å². The van der Waals surface area contributed by atoms with Crippen LogP contribution in [0.1, 0.15) is 38.5 Å². The molecule has 0 atom stereocenters. The molecule has 0 spiro atoms. The van der Waals surface area contributed by atoms with Crippen LogP contribution >= 0.6 is 11.6 Å². The van der Waals surface area contributed by atoms with Gasteiger partial charge in [-0.05, 0) is 31.0 Å². The van der Waals surface area contributed by atoms with Crippen molar-refractivity contribution in [3.05, 3.63) is 29.0 Å². The van der Waals surface area contributed by atoms with E-state index in [1.807, 2.05) is 0 Å². The molecule has 0 aliphatic heterocycles. The molecule has 0 saturated heterocycles. The van der Waals surface area contributed by atoms with Crippen molar-refractivity contribution in [2.45, 2.75) is 49.0 Å². The highest BCUT2D eigenvalue weighted by molar-refractivity contribution is 7.89. The van der Waals surface area contributed by atoms with Crippen molar-refractivity contribution in [3.63, 3.8) is 0 Å². The summed E-state index contributed by atoms with van der Waals surface area (Å²) in [6, 6.07) is 3.13. The number of halogens is 2. The quantitative estimate of drug-likeness (QED) is 0.659. The number of sulfonamides is 1. The SMILES string of the molecule is COC(=O)C1(NS(=O)(=O)c2ccc(F)c(Cl)c2)CCCCCC1. The van der Waals surface area contributed by atoms with E-state index in [1.165, 1.54) is 7.11 Å². The second-order valence-electron chi connectivity index (χ2n) is 5.67. The lowest BCUT2D eigenvalue weighted by atomic mass is 9.92. The highest BCUT2D eigenvalue weighted by Gasteiger charge is 2.43. The van der Waals surface area contributed by atoms with Crippen LogP contribution in [-0.4, -0.2) is 27.0 Å². The Kier molecular flexibility index (Phi) is 5.65. The summed E-state index contributed by atoms with van der Waals surface area (Å²) in [5.74, 6) is -1.31. The third-order valence-electron chi connectivity index (χ3n) is 4.06. The second-order valence-corrected chi connectivity index (χ2v) is 7.76. The van der Waals surface area contributed by atoms with Crippen LogP contribution < -0.4 is 4.72 Å². The van der Waals surface area contributed by atoms with E-state index in [0.29, 0.717) is 12.8 Å². The maximum Gasteiger partial charge on any atom is 0.327 e. The normalized spacial score (nSPS) is 18.2. The number of carbonyl (C=O) groups excluding carboxylic acids is 1. The van der Waals surface area contributed by atoms with E-state index in [1.54, 1.807) is 0 Å². The molecule has 8 heteroatoms. The minimum absolute atomic E-state index is 0.184. The number of methoxy groups -OCH3 is 1. The van der Waals surface area contributed by atoms with Crippen molar-refractivity contribution in [1.29, 1.82) is 0 Å². The van der Waals surface area contributed by atoms with Gasteiger partial charge in [-0.25, -0.2) is 12.8 Å². The molecule has 1 aliphatic carbocycles. The van der Waals surface area contributed by atoms with Crippen molar-refractivity contribution in [2.24, 2.45) is 0 Å². The fourth-order valence-corrected chi connectivity index (χ4v) is 4.52. The molecule has 1 N–H and O–H groups in total. The maximum absolute atomic E-state index is 13.2. The zero-order valence-corrected chi connectivity index (χ0v) is 14.3. The number of carbonyl (C=O) groups is 1. The first-order valence-corrected chi connectivity index (χ1v) is 9.24. The average Bonchev–Trinajstić information content (AvgIpc) is 2.75. The van der Waals surface area contributed by atoms with Crippen LogP contribution in [0.2, 0.25) is 5.02 Å². The summed E-state index contributed by atoms with van der Waals surface area (Å²) in [5, 5.41) is -0.291. The molecule has 0 radical (unpaired) electrons. The molecule has 1 aliphatic rings. The van der Waals surface area contributed by atoms with Crippen molar-refractivity contribution >= 4 is 27.6 Å². The summed E-state index contributed by atoms with van der Waals surface area (Å²) in [7, 11) is -2.80. The van der Waals surface area contributed by atoms with Gasteiger partial charge in [0.25, 0.3) is 0 Å². The molecule has 1 fully saturated rings. The van der Waals surface area contributed by atoms with Gasteiger partial charge in [-0.2, -0.15) is 4.72 Å². The van der Waals surface area contributed by atoms with E-state index in [9.17, 15) is 17.6 Å². The fraction of sp³-hybridized carbons (Fsp3) is 0.533. The first-order chi connectivity index (χ1) is 10.8. The summed E-state index contributed by atoms with van der Waals surface area (Å²) in [5.41, 5.74) is -1.29. The molecule has 0 amide bonds. The summed E-state index contributed by atoms with van der Waals surface area (Å²) in [6.45, 7) is 0. The Bertz CT molecular complexity index is 685. The standard InChI is InChI=1S/C15H19ClFNO4S/c1-22-14(19)15(8-4-2-3-5-9-15)18-23(20,21)11-6-7-13(17)12(16)10-11/h6-7,10,18H,2-5,8-9H2,1H3. The molecule has 0 aromatic heterocycles. The van der Waals surface area contributed by atoms with Crippen LogP contribution in [0.3, 0.4) is 0 Å². The van der Waals surface area contributed by atoms with E-state index in [0.717, 1.165) is 43.9 Å². The second kappa shape index (κ2) is 7.15. The zero-order chi connectivity index (χ0) is 17.1. The van der Waals surface area contributed by atoms with Crippen molar-refractivity contribution in [2.75, 3.05) is 7.11 Å². The lowest BCUT2D eigenvalue weighted by Gasteiger charge is -2.30. The zero-order valence-electron chi connectivity index (χ0n) is 12.8. The van der Waals surface area contributed by atoms with Crippen LogP contribution in [-0.2, 0) is 19.6 Å². The molecule has 5 nitrogen and oxygen atoms in total. The van der Waals surface area contributed by atoms with Crippen molar-refractivity contribution in [3.8, 4) is 0 Å². The molecule has 0 heterocycles. The molecular formula is C15H19ClFNO4S. The number of nitrogens with one attached hydrogen (secondary N) is 1.